The smallest absolute Gasteiger partial charge is 0.271 e. The van der Waals surface area contributed by atoms with E-state index in [4.69, 9.17) is 14.2 Å². The minimum absolute atomic E-state index is 0.321. The summed E-state index contributed by atoms with van der Waals surface area (Å²) in [6.45, 7) is 0. The van der Waals surface area contributed by atoms with Crippen molar-refractivity contribution in [3.63, 3.8) is 0 Å². The topological polar surface area (TPSA) is 82.0 Å². The first-order valence-electron chi connectivity index (χ1n) is 8.81. The van der Waals surface area contributed by atoms with Gasteiger partial charge in [0.15, 0.2) is 11.5 Å². The summed E-state index contributed by atoms with van der Waals surface area (Å²) in [7, 11) is 4.49. The molecule has 3 rings (SSSR count). The summed E-state index contributed by atoms with van der Waals surface area (Å²) in [5.41, 5.74) is 5.16. The number of methoxy groups -OCH3 is 3. The van der Waals surface area contributed by atoms with Gasteiger partial charge in [-0.25, -0.2) is 5.43 Å². The average Bonchev–Trinajstić information content (AvgIpc) is 2.79. The maximum Gasteiger partial charge on any atom is 0.271 e. The summed E-state index contributed by atoms with van der Waals surface area (Å²) in [6.07, 6.45) is 3.37. The second-order valence-corrected chi connectivity index (χ2v) is 5.92. The third kappa shape index (κ3) is 4.52. The van der Waals surface area contributed by atoms with Crippen molar-refractivity contribution >= 4 is 11.6 Å². The van der Waals surface area contributed by atoms with E-state index in [2.05, 4.69) is 15.5 Å². The van der Waals surface area contributed by atoms with Crippen molar-refractivity contribution in [2.24, 2.45) is 5.10 Å². The Bertz CT molecular complexity index is 939. The molecule has 7 heteroatoms. The van der Waals surface area contributed by atoms with Crippen LogP contribution in [0.3, 0.4) is 0 Å². The van der Waals surface area contributed by atoms with Gasteiger partial charge in [0.25, 0.3) is 5.91 Å². The number of nitrogens with zero attached hydrogens (tertiary/aromatic N) is 2. The fourth-order valence-electron chi connectivity index (χ4n) is 2.78. The molecule has 1 heterocycles. The molecule has 2 aromatic carbocycles. The van der Waals surface area contributed by atoms with Crippen molar-refractivity contribution < 1.29 is 19.0 Å². The highest BCUT2D eigenvalue weighted by Crippen LogP contribution is 2.38. The lowest BCUT2D eigenvalue weighted by atomic mass is 10.0. The van der Waals surface area contributed by atoms with Crippen molar-refractivity contribution in [2.45, 2.75) is 0 Å². The number of hydrazone groups is 1. The number of benzene rings is 2. The number of ether oxygens (including phenoxy) is 3. The molecule has 0 aliphatic heterocycles. The van der Waals surface area contributed by atoms with Crippen molar-refractivity contribution in [3.8, 4) is 17.2 Å². The molecular formula is C22H21N3O4. The Hall–Kier alpha value is -3.87. The van der Waals surface area contributed by atoms with Crippen LogP contribution in [0.4, 0.5) is 0 Å². The zero-order valence-electron chi connectivity index (χ0n) is 16.4. The van der Waals surface area contributed by atoms with Gasteiger partial charge < -0.3 is 14.2 Å². The highest BCUT2D eigenvalue weighted by molar-refractivity contribution is 6.13. The maximum absolute atomic E-state index is 12.8. The number of nitrogens with one attached hydrogen (secondary N) is 1. The SMILES string of the molecule is COc1cc(C(=O)N/N=C(\c2ccccc2)c2cccnc2)cc(OC)c1OC. The van der Waals surface area contributed by atoms with Crippen molar-refractivity contribution in [3.05, 3.63) is 83.7 Å². The Morgan fingerprint density at radius 3 is 2.07 bits per heavy atom. The number of pyridine rings is 1. The summed E-state index contributed by atoms with van der Waals surface area (Å²) in [4.78, 5) is 16.9. The minimum atomic E-state index is -0.415. The predicted molar refractivity (Wildman–Crippen MR) is 110 cm³/mol. The van der Waals surface area contributed by atoms with Gasteiger partial charge in [-0.1, -0.05) is 30.3 Å². The van der Waals surface area contributed by atoms with E-state index in [-0.39, 0.29) is 0 Å². The van der Waals surface area contributed by atoms with Crippen molar-refractivity contribution in [1.82, 2.24) is 10.4 Å². The molecule has 29 heavy (non-hydrogen) atoms. The first-order chi connectivity index (χ1) is 14.2. The molecule has 0 saturated heterocycles. The highest BCUT2D eigenvalue weighted by Gasteiger charge is 2.17. The number of carbonyl (C=O) groups is 1. The van der Waals surface area contributed by atoms with Crippen LogP contribution in [-0.2, 0) is 0 Å². The molecule has 0 saturated carbocycles. The van der Waals surface area contributed by atoms with E-state index >= 15 is 0 Å². The number of amides is 1. The maximum atomic E-state index is 12.8. The lowest BCUT2D eigenvalue weighted by Gasteiger charge is -2.13. The molecule has 3 aromatic rings. The average molecular weight is 391 g/mol. The van der Waals surface area contributed by atoms with Crippen LogP contribution in [-0.4, -0.2) is 37.9 Å². The van der Waals surface area contributed by atoms with Gasteiger partial charge in [0.1, 0.15) is 0 Å². The van der Waals surface area contributed by atoms with E-state index in [0.29, 0.717) is 28.5 Å². The number of rotatable bonds is 7. The Balaban J connectivity index is 1.95. The third-order valence-electron chi connectivity index (χ3n) is 4.18. The molecule has 7 nitrogen and oxygen atoms in total. The number of hydrogen-bond donors (Lipinski definition) is 1. The van der Waals surface area contributed by atoms with Crippen LogP contribution in [0.5, 0.6) is 17.2 Å². The van der Waals surface area contributed by atoms with E-state index in [1.165, 1.54) is 21.3 Å². The Morgan fingerprint density at radius 2 is 1.52 bits per heavy atom. The van der Waals surface area contributed by atoms with E-state index < -0.39 is 5.91 Å². The largest absolute Gasteiger partial charge is 0.493 e. The van der Waals surface area contributed by atoms with Gasteiger partial charge in [0.2, 0.25) is 5.75 Å². The summed E-state index contributed by atoms with van der Waals surface area (Å²) < 4.78 is 15.9. The summed E-state index contributed by atoms with van der Waals surface area (Å²) in [6, 6.07) is 16.4. The van der Waals surface area contributed by atoms with E-state index in [0.717, 1.165) is 11.1 Å². The number of aromatic nitrogens is 1. The van der Waals surface area contributed by atoms with Crippen molar-refractivity contribution in [1.29, 1.82) is 0 Å². The molecule has 1 amide bonds. The fraction of sp³-hybridized carbons (Fsp3) is 0.136. The molecule has 0 bridgehead atoms. The van der Waals surface area contributed by atoms with Crippen LogP contribution in [0.1, 0.15) is 21.5 Å². The lowest BCUT2D eigenvalue weighted by Crippen LogP contribution is -2.21. The number of carbonyl (C=O) groups excluding carboxylic acids is 1. The normalized spacial score (nSPS) is 10.9. The minimum Gasteiger partial charge on any atom is -0.493 e. The molecule has 0 unspecified atom stereocenters. The lowest BCUT2D eigenvalue weighted by molar-refractivity contribution is 0.0954. The predicted octanol–water partition coefficient (Wildman–Crippen LogP) is 3.29. The molecule has 0 radical (unpaired) electrons. The van der Waals surface area contributed by atoms with Crippen LogP contribution in [0, 0.1) is 0 Å². The molecule has 0 aliphatic carbocycles. The molecular weight excluding hydrogens is 370 g/mol. The molecule has 1 aromatic heterocycles. The fourth-order valence-corrected chi connectivity index (χ4v) is 2.78. The summed E-state index contributed by atoms with van der Waals surface area (Å²) in [5, 5.41) is 4.36. The zero-order valence-corrected chi connectivity index (χ0v) is 16.4. The van der Waals surface area contributed by atoms with Gasteiger partial charge in [0, 0.05) is 29.1 Å². The van der Waals surface area contributed by atoms with Gasteiger partial charge in [0.05, 0.1) is 27.0 Å². The van der Waals surface area contributed by atoms with Crippen LogP contribution >= 0.6 is 0 Å². The Kier molecular flexibility index (Phi) is 6.42. The molecule has 148 valence electrons. The van der Waals surface area contributed by atoms with Gasteiger partial charge in [-0.2, -0.15) is 5.10 Å². The molecule has 0 spiro atoms. The second-order valence-electron chi connectivity index (χ2n) is 5.92. The standard InChI is InChI=1S/C22H21N3O4/c1-27-18-12-17(13-19(28-2)21(18)29-3)22(26)25-24-20(15-8-5-4-6-9-15)16-10-7-11-23-14-16/h4-14H,1-3H3,(H,25,26)/b24-20+. The van der Waals surface area contributed by atoms with E-state index in [1.54, 1.807) is 24.5 Å². The van der Waals surface area contributed by atoms with E-state index in [1.807, 2.05) is 42.5 Å². The van der Waals surface area contributed by atoms with Gasteiger partial charge in [-0.3, -0.25) is 9.78 Å². The van der Waals surface area contributed by atoms with Gasteiger partial charge >= 0.3 is 0 Å². The first kappa shape index (κ1) is 19.9. The molecule has 0 fully saturated rings. The summed E-state index contributed by atoms with van der Waals surface area (Å²) >= 11 is 0. The Labute approximate surface area is 169 Å². The molecule has 1 N–H and O–H groups in total. The van der Waals surface area contributed by atoms with Crippen LogP contribution in [0.15, 0.2) is 72.1 Å². The third-order valence-corrected chi connectivity index (χ3v) is 4.18. The summed E-state index contributed by atoms with van der Waals surface area (Å²) in [5.74, 6) is 0.769. The van der Waals surface area contributed by atoms with Crippen LogP contribution in [0.2, 0.25) is 0 Å². The highest BCUT2D eigenvalue weighted by atomic mass is 16.5. The van der Waals surface area contributed by atoms with Crippen LogP contribution < -0.4 is 19.6 Å². The van der Waals surface area contributed by atoms with Gasteiger partial charge in [-0.05, 0) is 24.3 Å². The van der Waals surface area contributed by atoms with Gasteiger partial charge in [-0.15, -0.1) is 0 Å². The monoisotopic (exact) mass is 391 g/mol. The second kappa shape index (κ2) is 9.36. The first-order valence-corrected chi connectivity index (χ1v) is 8.81. The van der Waals surface area contributed by atoms with Crippen molar-refractivity contribution in [2.75, 3.05) is 21.3 Å². The zero-order chi connectivity index (χ0) is 20.6. The number of hydrogen-bond acceptors (Lipinski definition) is 6. The Morgan fingerprint density at radius 1 is 0.862 bits per heavy atom. The van der Waals surface area contributed by atoms with E-state index in [9.17, 15) is 4.79 Å². The molecule has 0 atom stereocenters. The quantitative estimate of drug-likeness (QED) is 0.494. The van der Waals surface area contributed by atoms with Crippen LogP contribution in [0.25, 0.3) is 0 Å². The molecule has 0 aliphatic rings.